The predicted octanol–water partition coefficient (Wildman–Crippen LogP) is -0.153. The molecular formula is C12H18N4O2. The second kappa shape index (κ2) is 4.80. The number of rotatable bonds is 2. The van der Waals surface area contributed by atoms with Crippen LogP contribution in [-0.2, 0) is 16.1 Å². The molecule has 1 aromatic rings. The lowest BCUT2D eigenvalue weighted by Gasteiger charge is -2.32. The molecule has 6 nitrogen and oxygen atoms in total. The summed E-state index contributed by atoms with van der Waals surface area (Å²) in [4.78, 5) is 25.3. The Kier molecular flexibility index (Phi) is 3.36. The lowest BCUT2D eigenvalue weighted by Crippen LogP contribution is -2.56. The van der Waals surface area contributed by atoms with E-state index in [9.17, 15) is 9.59 Å². The van der Waals surface area contributed by atoms with Gasteiger partial charge in [-0.1, -0.05) is 0 Å². The van der Waals surface area contributed by atoms with E-state index in [2.05, 4.69) is 10.4 Å². The fraction of sp³-hybridized carbons (Fsp3) is 0.583. The lowest BCUT2D eigenvalue weighted by molar-refractivity contribution is -0.143. The first-order valence-electron chi connectivity index (χ1n) is 6.07. The summed E-state index contributed by atoms with van der Waals surface area (Å²) in [5, 5.41) is 7.00. The molecule has 1 aliphatic rings. The largest absolute Gasteiger partial charge is 0.353 e. The molecule has 1 saturated heterocycles. The van der Waals surface area contributed by atoms with Crippen LogP contribution < -0.4 is 5.32 Å². The van der Waals surface area contributed by atoms with Crippen molar-refractivity contribution in [2.45, 2.75) is 33.4 Å². The van der Waals surface area contributed by atoms with Crippen LogP contribution in [-0.4, -0.2) is 45.6 Å². The zero-order valence-corrected chi connectivity index (χ0v) is 10.9. The van der Waals surface area contributed by atoms with Gasteiger partial charge in [-0.25, -0.2) is 0 Å². The van der Waals surface area contributed by atoms with E-state index in [1.165, 1.54) is 0 Å². The highest BCUT2D eigenvalue weighted by atomic mass is 16.2. The van der Waals surface area contributed by atoms with E-state index in [1.54, 1.807) is 16.5 Å². The van der Waals surface area contributed by atoms with Crippen LogP contribution in [0.1, 0.15) is 18.3 Å². The van der Waals surface area contributed by atoms with Gasteiger partial charge in [0.2, 0.25) is 11.8 Å². The second-order valence-electron chi connectivity index (χ2n) is 4.64. The van der Waals surface area contributed by atoms with Crippen LogP contribution in [0.4, 0.5) is 0 Å². The molecule has 0 radical (unpaired) electrons. The molecule has 1 aliphatic heterocycles. The van der Waals surface area contributed by atoms with Crippen LogP contribution in [0.2, 0.25) is 0 Å². The molecule has 0 bridgehead atoms. The van der Waals surface area contributed by atoms with Gasteiger partial charge in [0.1, 0.15) is 12.6 Å². The normalized spacial score (nSPS) is 19.8. The highest BCUT2D eigenvalue weighted by Crippen LogP contribution is 2.07. The number of hydrogen-bond donors (Lipinski definition) is 1. The minimum absolute atomic E-state index is 0.0662. The lowest BCUT2D eigenvalue weighted by atomic mass is 10.2. The molecule has 0 saturated carbocycles. The zero-order chi connectivity index (χ0) is 13.3. The van der Waals surface area contributed by atoms with E-state index in [4.69, 9.17) is 0 Å². The van der Waals surface area contributed by atoms with Crippen molar-refractivity contribution in [3.8, 4) is 0 Å². The van der Waals surface area contributed by atoms with Crippen molar-refractivity contribution in [1.29, 1.82) is 0 Å². The van der Waals surface area contributed by atoms with Crippen molar-refractivity contribution in [2.75, 3.05) is 13.1 Å². The number of aryl methyl sites for hydroxylation is 2. The molecule has 0 aromatic carbocycles. The number of carbonyl (C=O) groups is 2. The third kappa shape index (κ3) is 2.37. The molecular weight excluding hydrogens is 232 g/mol. The van der Waals surface area contributed by atoms with Gasteiger partial charge in [-0.15, -0.1) is 0 Å². The molecule has 98 valence electrons. The van der Waals surface area contributed by atoms with E-state index in [0.29, 0.717) is 13.1 Å². The molecule has 18 heavy (non-hydrogen) atoms. The highest BCUT2D eigenvalue weighted by molar-refractivity contribution is 5.88. The third-order valence-electron chi connectivity index (χ3n) is 3.21. The van der Waals surface area contributed by atoms with Gasteiger partial charge in [-0.05, 0) is 26.8 Å². The maximum atomic E-state index is 12.2. The van der Waals surface area contributed by atoms with Gasteiger partial charge in [-0.3, -0.25) is 14.3 Å². The van der Waals surface area contributed by atoms with Gasteiger partial charge in [0.15, 0.2) is 0 Å². The number of hydrogen-bond acceptors (Lipinski definition) is 3. The second-order valence-corrected chi connectivity index (χ2v) is 4.64. The number of carbonyl (C=O) groups excluding carboxylic acids is 2. The van der Waals surface area contributed by atoms with Crippen LogP contribution in [0.15, 0.2) is 6.07 Å². The molecule has 2 rings (SSSR count). The zero-order valence-electron chi connectivity index (χ0n) is 10.9. The van der Waals surface area contributed by atoms with Gasteiger partial charge in [0, 0.05) is 18.8 Å². The van der Waals surface area contributed by atoms with Gasteiger partial charge in [-0.2, -0.15) is 5.10 Å². The average molecular weight is 250 g/mol. The Morgan fingerprint density at radius 1 is 1.56 bits per heavy atom. The molecule has 1 atom stereocenters. The van der Waals surface area contributed by atoms with Gasteiger partial charge in [0.05, 0.1) is 5.69 Å². The highest BCUT2D eigenvalue weighted by Gasteiger charge is 2.29. The molecule has 1 aromatic heterocycles. The maximum Gasteiger partial charge on any atom is 0.245 e. The smallest absolute Gasteiger partial charge is 0.245 e. The van der Waals surface area contributed by atoms with Crippen molar-refractivity contribution >= 4 is 11.8 Å². The summed E-state index contributed by atoms with van der Waals surface area (Å²) >= 11 is 0. The standard InChI is InChI=1S/C12H18N4O2/c1-8-6-9(2)16(14-8)7-11(17)15-5-4-13-12(18)10(15)3/h6,10H,4-5,7H2,1-3H3,(H,13,18). The first kappa shape index (κ1) is 12.6. The summed E-state index contributed by atoms with van der Waals surface area (Å²) < 4.78 is 1.68. The fourth-order valence-electron chi connectivity index (χ4n) is 2.18. The minimum Gasteiger partial charge on any atom is -0.353 e. The van der Waals surface area contributed by atoms with E-state index in [1.807, 2.05) is 19.9 Å². The molecule has 1 unspecified atom stereocenters. The summed E-state index contributed by atoms with van der Waals surface area (Å²) in [5.74, 6) is -0.161. The average Bonchev–Trinajstić information content (AvgIpc) is 2.61. The number of nitrogens with zero attached hydrogens (tertiary/aromatic N) is 3. The Hall–Kier alpha value is -1.85. The van der Waals surface area contributed by atoms with Crippen LogP contribution in [0.5, 0.6) is 0 Å². The van der Waals surface area contributed by atoms with Gasteiger partial charge in [0.25, 0.3) is 0 Å². The van der Waals surface area contributed by atoms with Gasteiger partial charge < -0.3 is 10.2 Å². The maximum absolute atomic E-state index is 12.2. The molecule has 6 heteroatoms. The van der Waals surface area contributed by atoms with Crippen molar-refractivity contribution in [3.63, 3.8) is 0 Å². The number of amides is 2. The Morgan fingerprint density at radius 2 is 2.28 bits per heavy atom. The van der Waals surface area contributed by atoms with E-state index in [0.717, 1.165) is 11.4 Å². The fourth-order valence-corrected chi connectivity index (χ4v) is 2.18. The quantitative estimate of drug-likeness (QED) is 0.793. The first-order chi connectivity index (χ1) is 8.49. The predicted molar refractivity (Wildman–Crippen MR) is 65.9 cm³/mol. The van der Waals surface area contributed by atoms with Gasteiger partial charge >= 0.3 is 0 Å². The van der Waals surface area contributed by atoms with Crippen LogP contribution in [0.25, 0.3) is 0 Å². The van der Waals surface area contributed by atoms with Crippen molar-refractivity contribution < 1.29 is 9.59 Å². The summed E-state index contributed by atoms with van der Waals surface area (Å²) in [5.41, 5.74) is 1.85. The Labute approximate surface area is 106 Å². The van der Waals surface area contributed by atoms with Crippen LogP contribution in [0.3, 0.4) is 0 Å². The van der Waals surface area contributed by atoms with Crippen LogP contribution >= 0.6 is 0 Å². The Bertz CT molecular complexity index is 480. The Balaban J connectivity index is 2.08. The van der Waals surface area contributed by atoms with Crippen LogP contribution in [0, 0.1) is 13.8 Å². The minimum atomic E-state index is -0.400. The number of aromatic nitrogens is 2. The summed E-state index contributed by atoms with van der Waals surface area (Å²) in [6, 6.07) is 1.53. The monoisotopic (exact) mass is 250 g/mol. The first-order valence-corrected chi connectivity index (χ1v) is 6.07. The summed E-state index contributed by atoms with van der Waals surface area (Å²) in [6.07, 6.45) is 0. The molecule has 2 heterocycles. The van der Waals surface area contributed by atoms with E-state index < -0.39 is 6.04 Å². The van der Waals surface area contributed by atoms with E-state index in [-0.39, 0.29) is 18.4 Å². The number of piperazine rings is 1. The molecule has 2 amide bonds. The SMILES string of the molecule is Cc1cc(C)n(CC(=O)N2CCNC(=O)C2C)n1. The summed E-state index contributed by atoms with van der Waals surface area (Å²) in [6.45, 7) is 6.83. The molecule has 1 fully saturated rings. The third-order valence-corrected chi connectivity index (χ3v) is 3.21. The van der Waals surface area contributed by atoms with Crippen molar-refractivity contribution in [3.05, 3.63) is 17.5 Å². The molecule has 0 aliphatic carbocycles. The number of nitrogens with one attached hydrogen (secondary N) is 1. The van der Waals surface area contributed by atoms with Crippen molar-refractivity contribution in [2.24, 2.45) is 0 Å². The topological polar surface area (TPSA) is 67.2 Å². The van der Waals surface area contributed by atoms with Crippen molar-refractivity contribution in [1.82, 2.24) is 20.0 Å². The molecule has 1 N–H and O–H groups in total. The summed E-state index contributed by atoms with van der Waals surface area (Å²) in [7, 11) is 0. The van der Waals surface area contributed by atoms with E-state index >= 15 is 0 Å². The Morgan fingerprint density at radius 3 is 2.89 bits per heavy atom. The molecule has 0 spiro atoms.